The summed E-state index contributed by atoms with van der Waals surface area (Å²) in [7, 11) is 0. The van der Waals surface area contributed by atoms with Gasteiger partial charge in [0.2, 0.25) is 11.1 Å². The number of hydrogen-bond donors (Lipinski definition) is 2. The molecule has 8 heteroatoms. The van der Waals surface area contributed by atoms with Crippen LogP contribution in [0.5, 0.6) is 0 Å². The fourth-order valence-corrected chi connectivity index (χ4v) is 3.02. The third-order valence-corrected chi connectivity index (χ3v) is 4.79. The van der Waals surface area contributed by atoms with Crippen molar-refractivity contribution in [3.63, 3.8) is 0 Å². The van der Waals surface area contributed by atoms with Crippen LogP contribution in [0.4, 0.5) is 10.1 Å². The van der Waals surface area contributed by atoms with Gasteiger partial charge in [0, 0.05) is 11.3 Å². The second-order valence-corrected chi connectivity index (χ2v) is 7.11. The molecule has 0 bridgehead atoms. The van der Waals surface area contributed by atoms with Gasteiger partial charge < -0.3 is 11.2 Å². The predicted molar refractivity (Wildman–Crippen MR) is 101 cm³/mol. The molecule has 0 saturated heterocycles. The molecule has 0 aliphatic heterocycles. The average molecular weight is 371 g/mol. The van der Waals surface area contributed by atoms with E-state index in [0.29, 0.717) is 16.7 Å². The number of rotatable bonds is 5. The summed E-state index contributed by atoms with van der Waals surface area (Å²) in [6, 6.07) is 13.4. The lowest BCUT2D eigenvalue weighted by Gasteiger charge is -2.11. The number of amides is 1. The third-order valence-electron chi connectivity index (χ3n) is 3.74. The van der Waals surface area contributed by atoms with E-state index < -0.39 is 5.25 Å². The molecule has 3 rings (SSSR count). The first-order valence-corrected chi connectivity index (χ1v) is 8.82. The van der Waals surface area contributed by atoms with Crippen molar-refractivity contribution in [2.24, 2.45) is 0 Å². The summed E-state index contributed by atoms with van der Waals surface area (Å²) in [5.41, 5.74) is 2.51. The van der Waals surface area contributed by atoms with Gasteiger partial charge in [0.05, 0.1) is 5.25 Å². The number of nitrogens with zero attached hydrogens (tertiary/aromatic N) is 3. The zero-order valence-electron chi connectivity index (χ0n) is 14.3. The van der Waals surface area contributed by atoms with Crippen LogP contribution in [0.2, 0.25) is 0 Å². The number of carbonyl (C=O) groups excluding carboxylic acids is 1. The van der Waals surface area contributed by atoms with Crippen LogP contribution in [0.15, 0.2) is 53.7 Å². The van der Waals surface area contributed by atoms with Gasteiger partial charge in [-0.25, -0.2) is 9.07 Å². The Bertz CT molecular complexity index is 908. The molecule has 3 N–H and O–H groups in total. The van der Waals surface area contributed by atoms with E-state index >= 15 is 0 Å². The Labute approximate surface area is 154 Å². The monoisotopic (exact) mass is 371 g/mol. The van der Waals surface area contributed by atoms with Gasteiger partial charge in [-0.15, -0.1) is 10.2 Å². The first-order valence-electron chi connectivity index (χ1n) is 7.94. The third kappa shape index (κ3) is 4.02. The Kier molecular flexibility index (Phi) is 5.22. The van der Waals surface area contributed by atoms with Crippen molar-refractivity contribution < 1.29 is 9.18 Å². The maximum absolute atomic E-state index is 12.9. The second-order valence-electron chi connectivity index (χ2n) is 5.80. The minimum absolute atomic E-state index is 0.235. The summed E-state index contributed by atoms with van der Waals surface area (Å²) >= 11 is 1.20. The molecule has 1 atom stereocenters. The maximum Gasteiger partial charge on any atom is 0.237 e. The van der Waals surface area contributed by atoms with Crippen molar-refractivity contribution in [2.45, 2.75) is 24.3 Å². The Hall–Kier alpha value is -2.87. The molecule has 0 aliphatic rings. The summed E-state index contributed by atoms with van der Waals surface area (Å²) in [5.74, 6) is 6.02. The van der Waals surface area contributed by atoms with Crippen molar-refractivity contribution >= 4 is 23.4 Å². The topological polar surface area (TPSA) is 85.8 Å². The molecule has 2 aromatic carbocycles. The zero-order valence-corrected chi connectivity index (χ0v) is 15.1. The lowest BCUT2D eigenvalue weighted by molar-refractivity contribution is -0.115. The van der Waals surface area contributed by atoms with Crippen LogP contribution in [-0.2, 0) is 4.79 Å². The fourth-order valence-electron chi connectivity index (χ4n) is 2.25. The van der Waals surface area contributed by atoms with E-state index in [1.54, 1.807) is 6.92 Å². The van der Waals surface area contributed by atoms with Gasteiger partial charge in [-0.05, 0) is 38.1 Å². The Morgan fingerprint density at radius 2 is 1.81 bits per heavy atom. The highest BCUT2D eigenvalue weighted by atomic mass is 32.2. The highest BCUT2D eigenvalue weighted by molar-refractivity contribution is 8.00. The molecular formula is C18H18FN5OS. The zero-order chi connectivity index (χ0) is 18.7. The van der Waals surface area contributed by atoms with Crippen LogP contribution < -0.4 is 11.2 Å². The highest BCUT2D eigenvalue weighted by Crippen LogP contribution is 2.25. The van der Waals surface area contributed by atoms with Crippen molar-refractivity contribution in [1.82, 2.24) is 14.9 Å². The average Bonchev–Trinajstić information content (AvgIpc) is 2.98. The molecule has 0 spiro atoms. The number of aromatic nitrogens is 3. The molecule has 0 fully saturated rings. The summed E-state index contributed by atoms with van der Waals surface area (Å²) in [6.45, 7) is 3.74. The normalized spacial score (nSPS) is 12.0. The molecule has 0 unspecified atom stereocenters. The number of anilines is 1. The van der Waals surface area contributed by atoms with Gasteiger partial charge in [0.1, 0.15) is 5.82 Å². The highest BCUT2D eigenvalue weighted by Gasteiger charge is 2.20. The van der Waals surface area contributed by atoms with Crippen LogP contribution >= 0.6 is 11.8 Å². The number of carbonyl (C=O) groups is 1. The van der Waals surface area contributed by atoms with Crippen LogP contribution in [-0.4, -0.2) is 26.0 Å². The van der Waals surface area contributed by atoms with Gasteiger partial charge in [0.25, 0.3) is 0 Å². The molecule has 3 aromatic rings. The first-order chi connectivity index (χ1) is 12.4. The first kappa shape index (κ1) is 17.9. The largest absolute Gasteiger partial charge is 0.335 e. The minimum atomic E-state index is -0.461. The Morgan fingerprint density at radius 3 is 2.46 bits per heavy atom. The molecule has 0 radical (unpaired) electrons. The van der Waals surface area contributed by atoms with E-state index in [9.17, 15) is 9.18 Å². The molecule has 26 heavy (non-hydrogen) atoms. The van der Waals surface area contributed by atoms with E-state index in [1.165, 1.54) is 40.7 Å². The standard InChI is InChI=1S/C18H18FN5OS/c1-11-3-5-13(6-4-11)16-22-23-18(24(16)20)26-12(2)17(25)21-15-9-7-14(19)8-10-15/h3-10,12H,20H2,1-2H3,(H,21,25)/t12-/m0/s1. The van der Waals surface area contributed by atoms with Crippen LogP contribution in [0.3, 0.4) is 0 Å². The number of nitrogens with two attached hydrogens (primary N) is 1. The fraction of sp³-hybridized carbons (Fsp3) is 0.167. The summed E-state index contributed by atoms with van der Waals surface area (Å²) < 4.78 is 14.3. The van der Waals surface area contributed by atoms with Gasteiger partial charge >= 0.3 is 0 Å². The Balaban J connectivity index is 1.69. The number of halogens is 1. The smallest absolute Gasteiger partial charge is 0.237 e. The van der Waals surface area contributed by atoms with Crippen LogP contribution in [0, 0.1) is 12.7 Å². The van der Waals surface area contributed by atoms with Gasteiger partial charge in [-0.1, -0.05) is 41.6 Å². The number of hydrogen-bond acceptors (Lipinski definition) is 5. The summed E-state index contributed by atoms with van der Waals surface area (Å²) in [6.07, 6.45) is 0. The van der Waals surface area contributed by atoms with Crippen molar-refractivity contribution in [3.05, 3.63) is 59.9 Å². The summed E-state index contributed by atoms with van der Waals surface area (Å²) in [4.78, 5) is 12.3. The van der Waals surface area contributed by atoms with Crippen molar-refractivity contribution in [1.29, 1.82) is 0 Å². The van der Waals surface area contributed by atoms with E-state index in [-0.39, 0.29) is 11.7 Å². The lowest BCUT2D eigenvalue weighted by Crippen LogP contribution is -2.23. The number of aryl methyl sites for hydroxylation is 1. The Morgan fingerprint density at radius 1 is 1.15 bits per heavy atom. The molecule has 6 nitrogen and oxygen atoms in total. The van der Waals surface area contributed by atoms with Gasteiger partial charge in [-0.3, -0.25) is 4.79 Å². The molecule has 1 aromatic heterocycles. The lowest BCUT2D eigenvalue weighted by atomic mass is 10.1. The van der Waals surface area contributed by atoms with E-state index in [2.05, 4.69) is 15.5 Å². The maximum atomic E-state index is 12.9. The molecule has 1 heterocycles. The SMILES string of the molecule is Cc1ccc(-c2nnc(S[C@@H](C)C(=O)Nc3ccc(F)cc3)n2N)cc1. The van der Waals surface area contributed by atoms with Crippen molar-refractivity contribution in [2.75, 3.05) is 11.2 Å². The van der Waals surface area contributed by atoms with E-state index in [0.717, 1.165) is 11.1 Å². The molecule has 0 aliphatic carbocycles. The minimum Gasteiger partial charge on any atom is -0.335 e. The number of benzene rings is 2. The van der Waals surface area contributed by atoms with Crippen LogP contribution in [0.25, 0.3) is 11.4 Å². The number of thioether (sulfide) groups is 1. The number of nitrogen functional groups attached to an aromatic ring is 1. The second kappa shape index (κ2) is 7.57. The number of nitrogens with one attached hydrogen (secondary N) is 1. The molecule has 1 amide bonds. The molecule has 0 saturated carbocycles. The summed E-state index contributed by atoms with van der Waals surface area (Å²) in [5, 5.41) is 10.9. The van der Waals surface area contributed by atoms with E-state index in [1.807, 2.05) is 31.2 Å². The predicted octanol–water partition coefficient (Wildman–Crippen LogP) is 3.23. The molecule has 134 valence electrons. The van der Waals surface area contributed by atoms with Gasteiger partial charge in [-0.2, -0.15) is 0 Å². The van der Waals surface area contributed by atoms with Crippen molar-refractivity contribution in [3.8, 4) is 11.4 Å². The van der Waals surface area contributed by atoms with E-state index in [4.69, 9.17) is 5.84 Å². The quantitative estimate of drug-likeness (QED) is 0.531. The van der Waals surface area contributed by atoms with Crippen LogP contribution in [0.1, 0.15) is 12.5 Å². The van der Waals surface area contributed by atoms with Gasteiger partial charge in [0.15, 0.2) is 5.82 Å². The molecular weight excluding hydrogens is 353 g/mol.